The Morgan fingerprint density at radius 2 is 1.95 bits per heavy atom. The van der Waals surface area contributed by atoms with Crippen LogP contribution in [0.1, 0.15) is 77.3 Å². The van der Waals surface area contributed by atoms with Gasteiger partial charge in [0.05, 0.1) is 5.69 Å². The van der Waals surface area contributed by atoms with Crippen LogP contribution in [0.4, 0.5) is 0 Å². The first kappa shape index (κ1) is 22.5. The molecular weight excluding hydrogens is 470 g/mol. The minimum Gasteiger partial charge on any atom is -0.369 e. The molecule has 4 fully saturated rings. The lowest BCUT2D eigenvalue weighted by atomic mass is 9.75. The van der Waals surface area contributed by atoms with Gasteiger partial charge in [-0.15, -0.1) is 0 Å². The van der Waals surface area contributed by atoms with Crippen LogP contribution in [0.15, 0.2) is 18.2 Å². The molecule has 6 aliphatic rings. The Bertz CT molecular complexity index is 1430. The minimum absolute atomic E-state index is 0.0367. The van der Waals surface area contributed by atoms with Gasteiger partial charge in [-0.2, -0.15) is 0 Å². The molecule has 1 aromatic heterocycles. The van der Waals surface area contributed by atoms with Crippen molar-refractivity contribution >= 4 is 17.7 Å². The van der Waals surface area contributed by atoms with E-state index in [9.17, 15) is 19.5 Å². The molecule has 0 unspecified atom stereocenters. The normalized spacial score (nSPS) is 27.9. The van der Waals surface area contributed by atoms with E-state index >= 15 is 0 Å². The number of benzene rings is 1. The zero-order chi connectivity index (χ0) is 25.6. The predicted octanol–water partition coefficient (Wildman–Crippen LogP) is 1.36. The van der Waals surface area contributed by atoms with Crippen LogP contribution in [-0.4, -0.2) is 74.5 Å². The van der Waals surface area contributed by atoms with Crippen molar-refractivity contribution in [3.05, 3.63) is 40.7 Å². The molecule has 3 amide bonds. The summed E-state index contributed by atoms with van der Waals surface area (Å²) in [6.45, 7) is 1.66. The second kappa shape index (κ2) is 7.68. The predicted molar refractivity (Wildman–Crippen MR) is 133 cm³/mol. The number of nitrogens with zero attached hydrogens (tertiary/aromatic N) is 4. The molecule has 1 aromatic carbocycles. The summed E-state index contributed by atoms with van der Waals surface area (Å²) in [5, 5.41) is 10.7. The number of aliphatic hydroxyl groups is 1. The monoisotopic (exact) mass is 499 g/mol. The molecule has 2 saturated carbocycles. The Morgan fingerprint density at radius 1 is 1.19 bits per heavy atom. The zero-order valence-electron chi connectivity index (χ0n) is 20.7. The summed E-state index contributed by atoms with van der Waals surface area (Å²) >= 11 is 0. The van der Waals surface area contributed by atoms with Crippen LogP contribution in [0.5, 0.6) is 0 Å². The van der Waals surface area contributed by atoms with Gasteiger partial charge in [-0.3, -0.25) is 14.4 Å². The SMILES string of the molecule is CN1CC[C@](O)(C#Cc2ccc3c(c2)-c2nc(C(N)=O)c(C4CN(C(=O)C5CC5)C4)n2C2CC3C2)C1=O. The highest BCUT2D eigenvalue weighted by atomic mass is 16.3. The maximum Gasteiger partial charge on any atom is 0.269 e. The Balaban J connectivity index is 1.27. The van der Waals surface area contributed by atoms with Crippen LogP contribution in [-0.2, 0) is 9.59 Å². The molecule has 190 valence electrons. The van der Waals surface area contributed by atoms with Crippen molar-refractivity contribution < 1.29 is 19.5 Å². The van der Waals surface area contributed by atoms with Crippen LogP contribution in [0.2, 0.25) is 0 Å². The molecule has 8 rings (SSSR count). The Hall–Kier alpha value is -3.64. The number of carbonyl (C=O) groups is 3. The van der Waals surface area contributed by atoms with Gasteiger partial charge >= 0.3 is 0 Å². The molecule has 37 heavy (non-hydrogen) atoms. The van der Waals surface area contributed by atoms with Gasteiger partial charge in [0, 0.05) is 62.1 Å². The van der Waals surface area contributed by atoms with E-state index in [0.29, 0.717) is 36.8 Å². The molecule has 4 aliphatic heterocycles. The highest BCUT2D eigenvalue weighted by Gasteiger charge is 2.46. The van der Waals surface area contributed by atoms with Crippen molar-refractivity contribution in [1.82, 2.24) is 19.4 Å². The van der Waals surface area contributed by atoms with Crippen molar-refractivity contribution in [2.45, 2.75) is 55.6 Å². The number of nitrogens with two attached hydrogens (primary N) is 1. The Kier molecular flexibility index (Phi) is 4.68. The number of primary amides is 1. The van der Waals surface area contributed by atoms with Gasteiger partial charge < -0.3 is 25.2 Å². The summed E-state index contributed by atoms with van der Waals surface area (Å²) in [5.74, 6) is 6.43. The molecule has 1 atom stereocenters. The van der Waals surface area contributed by atoms with E-state index < -0.39 is 11.5 Å². The summed E-state index contributed by atoms with van der Waals surface area (Å²) < 4.78 is 2.20. The molecular formula is C28H29N5O4. The fourth-order valence-corrected chi connectivity index (χ4v) is 6.38. The maximum atomic E-state index is 12.5. The summed E-state index contributed by atoms with van der Waals surface area (Å²) in [7, 11) is 1.66. The summed E-state index contributed by atoms with van der Waals surface area (Å²) in [4.78, 5) is 45.5. The zero-order valence-corrected chi connectivity index (χ0v) is 20.7. The van der Waals surface area contributed by atoms with Crippen LogP contribution >= 0.6 is 0 Å². The highest BCUT2D eigenvalue weighted by molar-refractivity contribution is 5.94. The van der Waals surface area contributed by atoms with E-state index in [2.05, 4.69) is 22.5 Å². The van der Waals surface area contributed by atoms with E-state index in [0.717, 1.165) is 42.8 Å². The van der Waals surface area contributed by atoms with E-state index in [4.69, 9.17) is 10.7 Å². The summed E-state index contributed by atoms with van der Waals surface area (Å²) in [6, 6.07) is 6.17. The first-order valence-electron chi connectivity index (χ1n) is 13.1. The number of imidazole rings is 1. The van der Waals surface area contributed by atoms with Crippen molar-refractivity contribution in [1.29, 1.82) is 0 Å². The third kappa shape index (κ3) is 3.35. The maximum absolute atomic E-state index is 12.5. The first-order chi connectivity index (χ1) is 17.7. The van der Waals surface area contributed by atoms with Gasteiger partial charge in [0.15, 0.2) is 0 Å². The number of amides is 3. The second-order valence-corrected chi connectivity index (χ2v) is 11.3. The fourth-order valence-electron chi connectivity index (χ4n) is 6.38. The summed E-state index contributed by atoms with van der Waals surface area (Å²) in [6.07, 6.45) is 4.15. The molecule has 3 N–H and O–H groups in total. The van der Waals surface area contributed by atoms with E-state index in [1.54, 1.807) is 7.05 Å². The van der Waals surface area contributed by atoms with E-state index in [1.807, 2.05) is 17.0 Å². The Labute approximate surface area is 214 Å². The number of carbonyl (C=O) groups excluding carboxylic acids is 3. The van der Waals surface area contributed by atoms with E-state index in [-0.39, 0.29) is 36.1 Å². The first-order valence-corrected chi connectivity index (χ1v) is 13.1. The Morgan fingerprint density at radius 3 is 2.59 bits per heavy atom. The molecule has 9 heteroatoms. The third-order valence-electron chi connectivity index (χ3n) is 8.82. The van der Waals surface area contributed by atoms with Crippen LogP contribution in [0.25, 0.3) is 11.4 Å². The molecule has 5 heterocycles. The van der Waals surface area contributed by atoms with Crippen molar-refractivity contribution in [3.8, 4) is 23.2 Å². The smallest absolute Gasteiger partial charge is 0.269 e. The van der Waals surface area contributed by atoms with Crippen molar-refractivity contribution in [2.24, 2.45) is 11.7 Å². The van der Waals surface area contributed by atoms with Crippen LogP contribution in [0, 0.1) is 17.8 Å². The third-order valence-corrected chi connectivity index (χ3v) is 8.82. The molecule has 2 saturated heterocycles. The number of rotatable bonds is 3. The highest BCUT2D eigenvalue weighted by Crippen LogP contribution is 2.54. The molecule has 2 aliphatic carbocycles. The van der Waals surface area contributed by atoms with Gasteiger partial charge in [0.25, 0.3) is 11.8 Å². The lowest BCUT2D eigenvalue weighted by Crippen LogP contribution is -2.50. The molecule has 0 radical (unpaired) electrons. The summed E-state index contributed by atoms with van der Waals surface area (Å²) in [5.41, 5.74) is 8.06. The van der Waals surface area contributed by atoms with Crippen LogP contribution < -0.4 is 5.73 Å². The molecule has 2 bridgehead atoms. The van der Waals surface area contributed by atoms with Gasteiger partial charge in [-0.05, 0) is 49.3 Å². The van der Waals surface area contributed by atoms with Gasteiger partial charge in [0.2, 0.25) is 11.5 Å². The van der Waals surface area contributed by atoms with Gasteiger partial charge in [-0.25, -0.2) is 4.98 Å². The topological polar surface area (TPSA) is 122 Å². The van der Waals surface area contributed by atoms with Crippen LogP contribution in [0.3, 0.4) is 0 Å². The molecule has 2 aromatic rings. The van der Waals surface area contributed by atoms with Crippen molar-refractivity contribution in [2.75, 3.05) is 26.7 Å². The fraction of sp³-hybridized carbons (Fsp3) is 0.500. The number of aromatic nitrogens is 2. The quantitative estimate of drug-likeness (QED) is 0.618. The number of hydrogen-bond acceptors (Lipinski definition) is 5. The van der Waals surface area contributed by atoms with Gasteiger partial charge in [-0.1, -0.05) is 17.9 Å². The lowest BCUT2D eigenvalue weighted by molar-refractivity contribution is -0.138. The second-order valence-electron chi connectivity index (χ2n) is 11.3. The van der Waals surface area contributed by atoms with Crippen molar-refractivity contribution in [3.63, 3.8) is 0 Å². The minimum atomic E-state index is -1.66. The average molecular weight is 500 g/mol. The number of likely N-dealkylation sites (tertiary alicyclic amines) is 2. The standard InChI is InChI=1S/C28H29N5O4/c1-31-9-8-28(37,27(31)36)7-6-15-2-5-20-17-11-19(12-17)33-23(18-13-32(14-18)26(35)16-3-4-16)22(24(29)34)30-25(33)21(20)10-15/h2,5,10,16-19,37H,3-4,8-9,11-14H2,1H3,(H2,29,34)/t17?,19?,28-/m1/s1. The molecule has 0 spiro atoms. The average Bonchev–Trinajstić information content (AvgIpc) is 3.59. The lowest BCUT2D eigenvalue weighted by Gasteiger charge is -2.42. The largest absolute Gasteiger partial charge is 0.369 e. The number of likely N-dealkylation sites (N-methyl/N-ethyl adjacent to an activating group) is 1. The number of hydrogen-bond donors (Lipinski definition) is 2. The molecule has 9 nitrogen and oxygen atoms in total. The van der Waals surface area contributed by atoms with E-state index in [1.165, 1.54) is 10.5 Å². The van der Waals surface area contributed by atoms with Gasteiger partial charge in [0.1, 0.15) is 11.5 Å².